The summed E-state index contributed by atoms with van der Waals surface area (Å²) >= 11 is 0. The lowest BCUT2D eigenvalue weighted by Gasteiger charge is -2.35. The molecule has 0 bridgehead atoms. The topological polar surface area (TPSA) is 84.4 Å². The van der Waals surface area contributed by atoms with Gasteiger partial charge in [-0.25, -0.2) is 14.8 Å². The predicted molar refractivity (Wildman–Crippen MR) is 129 cm³/mol. The third kappa shape index (κ3) is 4.82. The van der Waals surface area contributed by atoms with Crippen LogP contribution in [0.3, 0.4) is 0 Å². The number of aryl methyl sites for hydroxylation is 1. The van der Waals surface area contributed by atoms with Crippen LogP contribution in [0.5, 0.6) is 0 Å². The summed E-state index contributed by atoms with van der Waals surface area (Å²) in [7, 11) is 0. The van der Waals surface area contributed by atoms with Gasteiger partial charge in [0.1, 0.15) is 0 Å². The van der Waals surface area contributed by atoms with Crippen LogP contribution in [0, 0.1) is 6.92 Å². The van der Waals surface area contributed by atoms with Crippen LogP contribution < -0.4 is 5.32 Å². The average molecular weight is 447 g/mol. The zero-order chi connectivity index (χ0) is 23.4. The number of amides is 1. The van der Waals surface area contributed by atoms with Gasteiger partial charge in [0.2, 0.25) is 0 Å². The first kappa shape index (κ1) is 22.7. The van der Waals surface area contributed by atoms with Crippen molar-refractivity contribution >= 4 is 34.3 Å². The van der Waals surface area contributed by atoms with Gasteiger partial charge < -0.3 is 15.0 Å². The Bertz CT molecular complexity index is 1160. The second kappa shape index (κ2) is 9.98. The van der Waals surface area contributed by atoms with Crippen molar-refractivity contribution in [3.63, 3.8) is 0 Å². The summed E-state index contributed by atoms with van der Waals surface area (Å²) < 4.78 is 5.07. The summed E-state index contributed by atoms with van der Waals surface area (Å²) in [5, 5.41) is 4.19. The standard InChI is InChI=1S/C26H30N4O3/c1-4-20-8-6-7-15-30(20)25(31)22-16-27-24-21(14-9-17(3)28-24)23(22)29-19-12-10-18(11-13-19)26(32)33-5-2/h9-14,16,20H,4-8,15H2,1-3H3,(H,27,28,29)/t20-/m1/s1. The number of carbonyl (C=O) groups is 2. The van der Waals surface area contributed by atoms with Crippen molar-refractivity contribution in [3.05, 3.63) is 59.4 Å². The number of esters is 1. The van der Waals surface area contributed by atoms with Crippen molar-refractivity contribution < 1.29 is 14.3 Å². The monoisotopic (exact) mass is 446 g/mol. The smallest absolute Gasteiger partial charge is 0.338 e. The van der Waals surface area contributed by atoms with E-state index >= 15 is 0 Å². The summed E-state index contributed by atoms with van der Waals surface area (Å²) in [6.07, 6.45) is 5.77. The third-order valence-corrected chi connectivity index (χ3v) is 6.12. The van der Waals surface area contributed by atoms with Crippen LogP contribution in [-0.4, -0.2) is 45.9 Å². The van der Waals surface area contributed by atoms with E-state index in [4.69, 9.17) is 4.74 Å². The maximum absolute atomic E-state index is 13.7. The molecule has 0 unspecified atom stereocenters. The summed E-state index contributed by atoms with van der Waals surface area (Å²) in [6.45, 7) is 6.92. The molecule has 1 atom stereocenters. The van der Waals surface area contributed by atoms with E-state index in [9.17, 15) is 9.59 Å². The molecule has 7 nitrogen and oxygen atoms in total. The first-order valence-electron chi connectivity index (χ1n) is 11.6. The van der Waals surface area contributed by atoms with Crippen molar-refractivity contribution in [2.75, 3.05) is 18.5 Å². The number of hydrogen-bond donors (Lipinski definition) is 1. The number of rotatable bonds is 6. The average Bonchev–Trinajstić information content (AvgIpc) is 2.84. The van der Waals surface area contributed by atoms with Crippen molar-refractivity contribution in [3.8, 4) is 0 Å². The number of ether oxygens (including phenoxy) is 1. The number of aromatic nitrogens is 2. The Morgan fingerprint density at radius 2 is 1.91 bits per heavy atom. The number of likely N-dealkylation sites (tertiary alicyclic amines) is 1. The Labute approximate surface area is 194 Å². The van der Waals surface area contributed by atoms with E-state index in [2.05, 4.69) is 22.2 Å². The molecule has 0 radical (unpaired) electrons. The molecule has 7 heteroatoms. The molecule has 1 N–H and O–H groups in total. The zero-order valence-electron chi connectivity index (χ0n) is 19.4. The SMILES string of the molecule is CCOC(=O)c1ccc(Nc2c(C(=O)N3CCCC[C@H]3CC)cnc3nc(C)ccc23)cc1. The molecule has 1 aliphatic heterocycles. The summed E-state index contributed by atoms with van der Waals surface area (Å²) in [6, 6.07) is 11.2. The quantitative estimate of drug-likeness (QED) is 0.520. The maximum Gasteiger partial charge on any atom is 0.338 e. The summed E-state index contributed by atoms with van der Waals surface area (Å²) in [4.78, 5) is 36.7. The second-order valence-corrected chi connectivity index (χ2v) is 8.35. The van der Waals surface area contributed by atoms with Gasteiger partial charge in [-0.05, 0) is 75.9 Å². The normalized spacial score (nSPS) is 16.0. The minimum Gasteiger partial charge on any atom is -0.462 e. The lowest BCUT2D eigenvalue weighted by molar-refractivity contribution is 0.0525. The van der Waals surface area contributed by atoms with E-state index in [1.54, 1.807) is 25.3 Å². The molecule has 1 fully saturated rings. The molecule has 1 aliphatic rings. The van der Waals surface area contributed by atoms with Crippen molar-refractivity contribution in [1.29, 1.82) is 0 Å². The molecule has 172 valence electrons. The molecule has 0 aliphatic carbocycles. The number of hydrogen-bond acceptors (Lipinski definition) is 6. The molecule has 1 amide bonds. The minimum atomic E-state index is -0.357. The second-order valence-electron chi connectivity index (χ2n) is 8.35. The maximum atomic E-state index is 13.7. The highest BCUT2D eigenvalue weighted by Gasteiger charge is 2.28. The van der Waals surface area contributed by atoms with Gasteiger partial charge in [-0.1, -0.05) is 6.92 Å². The van der Waals surface area contributed by atoms with Crippen molar-refractivity contribution in [2.24, 2.45) is 0 Å². The van der Waals surface area contributed by atoms with E-state index in [0.29, 0.717) is 29.1 Å². The van der Waals surface area contributed by atoms with Gasteiger partial charge >= 0.3 is 5.97 Å². The number of nitrogens with zero attached hydrogens (tertiary/aromatic N) is 3. The Morgan fingerprint density at radius 1 is 1.12 bits per heavy atom. The Balaban J connectivity index is 1.73. The van der Waals surface area contributed by atoms with E-state index < -0.39 is 0 Å². The zero-order valence-corrected chi connectivity index (χ0v) is 19.4. The Hall–Kier alpha value is -3.48. The summed E-state index contributed by atoms with van der Waals surface area (Å²) in [5.74, 6) is -0.369. The fourth-order valence-electron chi connectivity index (χ4n) is 4.36. The molecule has 2 aromatic heterocycles. The highest BCUT2D eigenvalue weighted by atomic mass is 16.5. The van der Waals surface area contributed by atoms with Gasteiger partial charge in [0, 0.05) is 35.6 Å². The number of carbonyl (C=O) groups excluding carboxylic acids is 2. The molecule has 3 aromatic rings. The van der Waals surface area contributed by atoms with Gasteiger partial charge in [-0.15, -0.1) is 0 Å². The van der Waals surface area contributed by atoms with Crippen LogP contribution in [0.1, 0.15) is 65.9 Å². The van der Waals surface area contributed by atoms with E-state index in [1.165, 1.54) is 0 Å². The van der Waals surface area contributed by atoms with Crippen molar-refractivity contribution in [1.82, 2.24) is 14.9 Å². The first-order valence-corrected chi connectivity index (χ1v) is 11.6. The van der Waals surface area contributed by atoms with Gasteiger partial charge in [0.15, 0.2) is 5.65 Å². The molecule has 0 saturated carbocycles. The van der Waals surface area contributed by atoms with Crippen LogP contribution in [0.2, 0.25) is 0 Å². The first-order chi connectivity index (χ1) is 16.0. The largest absolute Gasteiger partial charge is 0.462 e. The fourth-order valence-corrected chi connectivity index (χ4v) is 4.36. The molecule has 0 spiro atoms. The molecule has 33 heavy (non-hydrogen) atoms. The number of piperidine rings is 1. The molecule has 1 saturated heterocycles. The summed E-state index contributed by atoms with van der Waals surface area (Å²) in [5.41, 5.74) is 3.90. The van der Waals surface area contributed by atoms with E-state index in [-0.39, 0.29) is 17.9 Å². The molecule has 1 aromatic carbocycles. The molecule has 3 heterocycles. The lowest BCUT2D eigenvalue weighted by atomic mass is 9.98. The van der Waals surface area contributed by atoms with Crippen LogP contribution in [0.15, 0.2) is 42.6 Å². The highest BCUT2D eigenvalue weighted by Crippen LogP contribution is 2.31. The Morgan fingerprint density at radius 3 is 2.64 bits per heavy atom. The van der Waals surface area contributed by atoms with Crippen LogP contribution >= 0.6 is 0 Å². The lowest BCUT2D eigenvalue weighted by Crippen LogP contribution is -2.43. The highest BCUT2D eigenvalue weighted by molar-refractivity contribution is 6.07. The fraction of sp³-hybridized carbons (Fsp3) is 0.385. The van der Waals surface area contributed by atoms with Crippen molar-refractivity contribution in [2.45, 2.75) is 52.5 Å². The molecular formula is C26H30N4O3. The van der Waals surface area contributed by atoms with Crippen LogP contribution in [0.25, 0.3) is 11.0 Å². The molecular weight excluding hydrogens is 416 g/mol. The van der Waals surface area contributed by atoms with Crippen LogP contribution in [-0.2, 0) is 4.74 Å². The third-order valence-electron chi connectivity index (χ3n) is 6.12. The van der Waals surface area contributed by atoms with Gasteiger partial charge in [-0.3, -0.25) is 4.79 Å². The van der Waals surface area contributed by atoms with Gasteiger partial charge in [0.25, 0.3) is 5.91 Å². The number of nitrogens with one attached hydrogen (secondary N) is 1. The number of fused-ring (bicyclic) bond motifs is 1. The van der Waals surface area contributed by atoms with E-state index in [1.807, 2.05) is 36.1 Å². The Kier molecular flexibility index (Phi) is 6.87. The van der Waals surface area contributed by atoms with E-state index in [0.717, 1.165) is 49.0 Å². The van der Waals surface area contributed by atoms with Gasteiger partial charge in [-0.2, -0.15) is 0 Å². The van der Waals surface area contributed by atoms with Crippen LogP contribution in [0.4, 0.5) is 11.4 Å². The van der Waals surface area contributed by atoms with Gasteiger partial charge in [0.05, 0.1) is 23.4 Å². The molecule has 4 rings (SSSR count). The predicted octanol–water partition coefficient (Wildman–Crippen LogP) is 5.26. The number of pyridine rings is 2. The number of anilines is 2. The minimum absolute atomic E-state index is 0.0119. The number of benzene rings is 1.